The van der Waals surface area contributed by atoms with Gasteiger partial charge in [-0.15, -0.1) is 0 Å². The topological polar surface area (TPSA) is 65.5 Å². The number of benzene rings is 2. The Labute approximate surface area is 229 Å². The number of nitrogens with zero attached hydrogens (tertiary/aromatic N) is 4. The molecule has 0 aliphatic carbocycles. The Kier molecular flexibility index (Phi) is 9.18. The fraction of sp³-hybridized carbons (Fsp3) is 0.483. The lowest BCUT2D eigenvalue weighted by atomic mass is 9.91. The number of carbonyl (C=O) groups is 2. The minimum Gasteiger partial charge on any atom is -0.379 e. The lowest BCUT2D eigenvalue weighted by molar-refractivity contribution is -0.142. The summed E-state index contributed by atoms with van der Waals surface area (Å²) in [4.78, 5) is 31.0. The normalized spacial score (nSPS) is 18.4. The van der Waals surface area contributed by atoms with Gasteiger partial charge in [0, 0.05) is 44.0 Å². The van der Waals surface area contributed by atoms with Crippen molar-refractivity contribution < 1.29 is 18.7 Å². The van der Waals surface area contributed by atoms with Crippen LogP contribution in [0.15, 0.2) is 53.6 Å². The van der Waals surface area contributed by atoms with Crippen molar-refractivity contribution in [3.05, 3.63) is 70.5 Å². The first-order valence-corrected chi connectivity index (χ1v) is 13.5. The fourth-order valence-electron chi connectivity index (χ4n) is 4.72. The summed E-state index contributed by atoms with van der Waals surface area (Å²) in [5.41, 5.74) is 1.99. The second-order valence-electron chi connectivity index (χ2n) is 11.0. The molecule has 0 saturated carbocycles. The van der Waals surface area contributed by atoms with E-state index in [1.54, 1.807) is 23.1 Å². The van der Waals surface area contributed by atoms with Crippen molar-refractivity contribution in [3.63, 3.8) is 0 Å². The van der Waals surface area contributed by atoms with Gasteiger partial charge in [0.2, 0.25) is 5.91 Å². The van der Waals surface area contributed by atoms with Crippen LogP contribution in [0, 0.1) is 11.2 Å². The van der Waals surface area contributed by atoms with E-state index in [1.165, 1.54) is 17.1 Å². The van der Waals surface area contributed by atoms with Gasteiger partial charge in [-0.1, -0.05) is 62.7 Å². The van der Waals surface area contributed by atoms with E-state index in [1.807, 2.05) is 39.0 Å². The van der Waals surface area contributed by atoms with Gasteiger partial charge in [0.05, 0.1) is 25.0 Å². The molecule has 0 N–H and O–H groups in total. The number of ether oxygens (including phenoxy) is 1. The molecule has 2 aliphatic rings. The van der Waals surface area contributed by atoms with Gasteiger partial charge in [0.15, 0.2) is 0 Å². The van der Waals surface area contributed by atoms with Crippen LogP contribution < -0.4 is 0 Å². The maximum Gasteiger partial charge on any atom is 0.262 e. The third kappa shape index (κ3) is 7.40. The van der Waals surface area contributed by atoms with Gasteiger partial charge in [-0.3, -0.25) is 14.5 Å². The molecule has 2 heterocycles. The van der Waals surface area contributed by atoms with Gasteiger partial charge in [0.1, 0.15) is 12.4 Å². The predicted molar refractivity (Wildman–Crippen MR) is 147 cm³/mol. The summed E-state index contributed by atoms with van der Waals surface area (Å²) in [6.07, 6.45) is 0.770. The summed E-state index contributed by atoms with van der Waals surface area (Å²) >= 11 is 6.53. The largest absolute Gasteiger partial charge is 0.379 e. The van der Waals surface area contributed by atoms with Gasteiger partial charge in [0.25, 0.3) is 5.91 Å². The molecule has 0 aromatic heterocycles. The molecule has 7 nitrogen and oxygen atoms in total. The zero-order chi connectivity index (χ0) is 27.3. The maximum absolute atomic E-state index is 13.8. The molecular weight excluding hydrogens is 507 g/mol. The van der Waals surface area contributed by atoms with E-state index >= 15 is 0 Å². The first-order chi connectivity index (χ1) is 18.1. The first-order valence-electron chi connectivity index (χ1n) is 13.1. The molecule has 0 spiro atoms. The molecule has 2 aromatic rings. The summed E-state index contributed by atoms with van der Waals surface area (Å²) < 4.78 is 19.0. The van der Waals surface area contributed by atoms with Crippen LogP contribution in [0.3, 0.4) is 0 Å². The first kappa shape index (κ1) is 28.2. The molecule has 9 heteroatoms. The van der Waals surface area contributed by atoms with Crippen LogP contribution in [0.4, 0.5) is 4.39 Å². The second-order valence-corrected chi connectivity index (χ2v) is 11.4. The number of hydrogen-bond donors (Lipinski definition) is 0. The highest BCUT2D eigenvalue weighted by Crippen LogP contribution is 2.36. The average molecular weight is 543 g/mol. The van der Waals surface area contributed by atoms with E-state index in [2.05, 4.69) is 10.0 Å². The lowest BCUT2D eigenvalue weighted by Gasteiger charge is -2.32. The maximum atomic E-state index is 13.8. The quantitative estimate of drug-likeness (QED) is 0.483. The number of carbonyl (C=O) groups excluding carboxylic acids is 2. The number of morpholine rings is 1. The molecule has 1 atom stereocenters. The van der Waals surface area contributed by atoms with Crippen molar-refractivity contribution in [2.45, 2.75) is 39.7 Å². The molecule has 0 bridgehead atoms. The lowest BCUT2D eigenvalue weighted by Crippen LogP contribution is -2.47. The van der Waals surface area contributed by atoms with Crippen LogP contribution in [-0.4, -0.2) is 78.3 Å². The highest BCUT2D eigenvalue weighted by Gasteiger charge is 2.35. The van der Waals surface area contributed by atoms with E-state index in [0.717, 1.165) is 24.2 Å². The van der Waals surface area contributed by atoms with E-state index < -0.39 is 6.04 Å². The van der Waals surface area contributed by atoms with Crippen molar-refractivity contribution in [2.75, 3.05) is 45.9 Å². The molecule has 0 unspecified atom stereocenters. The van der Waals surface area contributed by atoms with Crippen LogP contribution in [-0.2, 0) is 14.3 Å². The highest BCUT2D eigenvalue weighted by molar-refractivity contribution is 6.31. The van der Waals surface area contributed by atoms with E-state index in [4.69, 9.17) is 16.3 Å². The smallest absolute Gasteiger partial charge is 0.262 e. The molecular formula is C29H36ClFN4O3. The average Bonchev–Trinajstić information content (AvgIpc) is 3.32. The van der Waals surface area contributed by atoms with Crippen LogP contribution in [0.1, 0.15) is 50.8 Å². The minimum absolute atomic E-state index is 0.0599. The Balaban J connectivity index is 1.58. The van der Waals surface area contributed by atoms with Crippen LogP contribution in [0.2, 0.25) is 5.02 Å². The van der Waals surface area contributed by atoms with Crippen LogP contribution >= 0.6 is 11.6 Å². The fourth-order valence-corrected chi connectivity index (χ4v) is 4.99. The van der Waals surface area contributed by atoms with Crippen molar-refractivity contribution in [1.82, 2.24) is 14.8 Å². The minimum atomic E-state index is -0.421. The third-order valence-electron chi connectivity index (χ3n) is 6.76. The van der Waals surface area contributed by atoms with Gasteiger partial charge >= 0.3 is 0 Å². The number of rotatable bonds is 8. The number of amides is 2. The van der Waals surface area contributed by atoms with E-state index in [-0.39, 0.29) is 29.6 Å². The van der Waals surface area contributed by atoms with Crippen molar-refractivity contribution in [2.24, 2.45) is 10.5 Å². The Bertz CT molecular complexity index is 1160. The van der Waals surface area contributed by atoms with Gasteiger partial charge in [-0.05, 0) is 34.7 Å². The zero-order valence-electron chi connectivity index (χ0n) is 22.3. The summed E-state index contributed by atoms with van der Waals surface area (Å²) in [5.74, 6) is -0.678. The monoisotopic (exact) mass is 542 g/mol. The van der Waals surface area contributed by atoms with E-state index in [9.17, 15) is 14.0 Å². The molecule has 2 aliphatic heterocycles. The predicted octanol–water partition coefficient (Wildman–Crippen LogP) is 4.75. The van der Waals surface area contributed by atoms with Crippen molar-refractivity contribution in [1.29, 1.82) is 0 Å². The third-order valence-corrected chi connectivity index (χ3v) is 7.10. The van der Waals surface area contributed by atoms with Gasteiger partial charge in [-0.25, -0.2) is 9.40 Å². The molecule has 1 fully saturated rings. The standard InChI is InChI=1S/C29H36ClFN4O3/c1-29(2,3)19-27(36)34(13-12-33-14-16-38-17-15-33)20-28(37)35-26(23-6-4-5-7-24(23)30)18-25(32-35)21-8-10-22(31)11-9-21/h4-11,26H,12-20H2,1-3H3/t26-/m1/s1. The number of hydrogen-bond acceptors (Lipinski definition) is 5. The summed E-state index contributed by atoms with van der Waals surface area (Å²) in [5, 5.41) is 6.67. The Hall–Kier alpha value is -2.81. The Morgan fingerprint density at radius 3 is 2.45 bits per heavy atom. The summed E-state index contributed by atoms with van der Waals surface area (Å²) in [6, 6.07) is 13.1. The summed E-state index contributed by atoms with van der Waals surface area (Å²) in [7, 11) is 0. The van der Waals surface area contributed by atoms with Gasteiger partial charge < -0.3 is 9.64 Å². The van der Waals surface area contributed by atoms with Crippen molar-refractivity contribution >= 4 is 29.1 Å². The van der Waals surface area contributed by atoms with E-state index in [0.29, 0.717) is 49.9 Å². The SMILES string of the molecule is CC(C)(C)CC(=O)N(CCN1CCOCC1)CC(=O)N1N=C(c2ccc(F)cc2)C[C@@H]1c1ccccc1Cl. The molecule has 1 saturated heterocycles. The zero-order valence-corrected chi connectivity index (χ0v) is 23.1. The Morgan fingerprint density at radius 1 is 1.11 bits per heavy atom. The van der Waals surface area contributed by atoms with Crippen LogP contribution in [0.5, 0.6) is 0 Å². The Morgan fingerprint density at radius 2 is 1.79 bits per heavy atom. The highest BCUT2D eigenvalue weighted by atomic mass is 35.5. The molecule has 2 aromatic carbocycles. The molecule has 38 heavy (non-hydrogen) atoms. The molecule has 2 amide bonds. The number of hydrazone groups is 1. The molecule has 204 valence electrons. The number of halogens is 2. The van der Waals surface area contributed by atoms with Crippen molar-refractivity contribution in [3.8, 4) is 0 Å². The molecule has 4 rings (SSSR count). The second kappa shape index (κ2) is 12.4. The molecule has 0 radical (unpaired) electrons. The van der Waals surface area contributed by atoms with Gasteiger partial charge in [-0.2, -0.15) is 5.10 Å². The summed E-state index contributed by atoms with van der Waals surface area (Å²) in [6.45, 7) is 10.0. The van der Waals surface area contributed by atoms with Crippen LogP contribution in [0.25, 0.3) is 0 Å².